The van der Waals surface area contributed by atoms with Crippen molar-refractivity contribution in [1.82, 2.24) is 0 Å². The lowest BCUT2D eigenvalue weighted by atomic mass is 9.89. The van der Waals surface area contributed by atoms with E-state index in [0.29, 0.717) is 6.04 Å². The van der Waals surface area contributed by atoms with Gasteiger partial charge >= 0.3 is 0 Å². The third-order valence-corrected chi connectivity index (χ3v) is 4.31. The molecular formula is C16H25NO. The Bertz CT molecular complexity index is 416. The van der Waals surface area contributed by atoms with Gasteiger partial charge in [-0.1, -0.05) is 19.1 Å². The normalized spacial score (nSPS) is 28.1. The molecule has 1 aromatic rings. The number of hydrogen-bond acceptors (Lipinski definition) is 2. The predicted molar refractivity (Wildman–Crippen MR) is 77.2 cm³/mol. The van der Waals surface area contributed by atoms with Crippen LogP contribution in [0.4, 0.5) is 5.69 Å². The largest absolute Gasteiger partial charge is 0.382 e. The summed E-state index contributed by atoms with van der Waals surface area (Å²) in [5.74, 6) is 0. The number of hydrogen-bond donors (Lipinski definition) is 1. The fraction of sp³-hybridized carbons (Fsp3) is 0.625. The van der Waals surface area contributed by atoms with E-state index in [-0.39, 0.29) is 5.60 Å². The van der Waals surface area contributed by atoms with Gasteiger partial charge in [0.2, 0.25) is 0 Å². The highest BCUT2D eigenvalue weighted by Crippen LogP contribution is 2.30. The molecule has 2 rings (SSSR count). The molecule has 0 saturated carbocycles. The van der Waals surface area contributed by atoms with Crippen LogP contribution in [0, 0.1) is 13.8 Å². The second kappa shape index (κ2) is 5.31. The van der Waals surface area contributed by atoms with Gasteiger partial charge in [-0.05, 0) is 57.2 Å². The number of aryl methyl sites for hydroxylation is 1. The van der Waals surface area contributed by atoms with E-state index in [0.717, 1.165) is 25.9 Å². The van der Waals surface area contributed by atoms with E-state index in [1.165, 1.54) is 16.8 Å². The molecule has 1 heterocycles. The number of anilines is 1. The number of nitrogens with one attached hydrogen (secondary N) is 1. The number of benzene rings is 1. The second-order valence-electron chi connectivity index (χ2n) is 5.73. The van der Waals surface area contributed by atoms with Crippen molar-refractivity contribution < 1.29 is 4.74 Å². The molecule has 0 amide bonds. The number of rotatable bonds is 3. The van der Waals surface area contributed by atoms with Crippen LogP contribution in [-0.2, 0) is 4.74 Å². The summed E-state index contributed by atoms with van der Waals surface area (Å²) in [6.07, 6.45) is 3.28. The van der Waals surface area contributed by atoms with Crippen LogP contribution in [0.25, 0.3) is 0 Å². The Labute approximate surface area is 111 Å². The van der Waals surface area contributed by atoms with Crippen molar-refractivity contribution >= 4 is 5.69 Å². The lowest BCUT2D eigenvalue weighted by Crippen LogP contribution is -2.41. The Morgan fingerprint density at radius 2 is 2.17 bits per heavy atom. The molecule has 1 aliphatic heterocycles. The minimum atomic E-state index is 0.0493. The van der Waals surface area contributed by atoms with Crippen molar-refractivity contribution in [2.75, 3.05) is 11.9 Å². The molecule has 1 N–H and O–H groups in total. The number of ether oxygens (including phenoxy) is 1. The molecule has 18 heavy (non-hydrogen) atoms. The van der Waals surface area contributed by atoms with Crippen LogP contribution in [0.5, 0.6) is 0 Å². The minimum Gasteiger partial charge on any atom is -0.382 e. The molecule has 1 aliphatic rings. The first kappa shape index (κ1) is 13.4. The maximum Gasteiger partial charge on any atom is 0.0671 e. The van der Waals surface area contributed by atoms with Gasteiger partial charge in [-0.3, -0.25) is 0 Å². The Kier molecular flexibility index (Phi) is 3.96. The summed E-state index contributed by atoms with van der Waals surface area (Å²) in [6.45, 7) is 9.66. The van der Waals surface area contributed by atoms with Crippen LogP contribution >= 0.6 is 0 Å². The van der Waals surface area contributed by atoms with E-state index in [1.807, 2.05) is 0 Å². The lowest BCUT2D eigenvalue weighted by molar-refractivity contribution is -0.0708. The molecule has 2 heteroatoms. The van der Waals surface area contributed by atoms with Gasteiger partial charge in [0.15, 0.2) is 0 Å². The van der Waals surface area contributed by atoms with Gasteiger partial charge in [0.1, 0.15) is 0 Å². The molecule has 0 aromatic heterocycles. The maximum absolute atomic E-state index is 5.90. The molecule has 0 bridgehead atoms. The van der Waals surface area contributed by atoms with E-state index in [9.17, 15) is 0 Å². The fourth-order valence-electron chi connectivity index (χ4n) is 2.63. The monoisotopic (exact) mass is 247 g/mol. The van der Waals surface area contributed by atoms with E-state index in [4.69, 9.17) is 4.74 Å². The van der Waals surface area contributed by atoms with Gasteiger partial charge in [-0.2, -0.15) is 0 Å². The van der Waals surface area contributed by atoms with Gasteiger partial charge in [0.05, 0.1) is 5.60 Å². The van der Waals surface area contributed by atoms with Gasteiger partial charge in [-0.25, -0.2) is 0 Å². The zero-order chi connectivity index (χ0) is 13.2. The summed E-state index contributed by atoms with van der Waals surface area (Å²) in [5.41, 5.74) is 4.04. The lowest BCUT2D eigenvalue weighted by Gasteiger charge is -2.38. The molecule has 2 nitrogen and oxygen atoms in total. The summed E-state index contributed by atoms with van der Waals surface area (Å²) >= 11 is 0. The molecule has 100 valence electrons. The standard InChI is InChI=1S/C16H25NO/c1-5-16(4)11-14(9-10-18-16)17-15-8-6-7-12(2)13(15)3/h6-8,14,17H,5,9-11H2,1-4H3. The second-order valence-corrected chi connectivity index (χ2v) is 5.73. The Hall–Kier alpha value is -1.02. The summed E-state index contributed by atoms with van der Waals surface area (Å²) < 4.78 is 5.90. The third kappa shape index (κ3) is 2.86. The van der Waals surface area contributed by atoms with E-state index in [2.05, 4.69) is 51.2 Å². The summed E-state index contributed by atoms with van der Waals surface area (Å²) in [6, 6.07) is 7.01. The predicted octanol–water partition coefficient (Wildman–Crippen LogP) is 4.06. The molecule has 0 radical (unpaired) electrons. The third-order valence-electron chi connectivity index (χ3n) is 4.31. The van der Waals surface area contributed by atoms with E-state index in [1.54, 1.807) is 0 Å². The van der Waals surface area contributed by atoms with Crippen molar-refractivity contribution in [2.24, 2.45) is 0 Å². The molecule has 1 saturated heterocycles. The Balaban J connectivity index is 2.07. The summed E-state index contributed by atoms with van der Waals surface area (Å²) in [4.78, 5) is 0. The molecule has 2 unspecified atom stereocenters. The van der Waals surface area contributed by atoms with Gasteiger partial charge < -0.3 is 10.1 Å². The average Bonchev–Trinajstić information content (AvgIpc) is 2.35. The molecule has 1 aromatic carbocycles. The zero-order valence-electron chi connectivity index (χ0n) is 12.0. The van der Waals surface area contributed by atoms with Crippen LogP contribution in [0.1, 0.15) is 44.2 Å². The smallest absolute Gasteiger partial charge is 0.0671 e. The van der Waals surface area contributed by atoms with Crippen molar-refractivity contribution in [3.05, 3.63) is 29.3 Å². The fourth-order valence-corrected chi connectivity index (χ4v) is 2.63. The molecule has 0 spiro atoms. The van der Waals surface area contributed by atoms with Gasteiger partial charge in [-0.15, -0.1) is 0 Å². The molecular weight excluding hydrogens is 222 g/mol. The average molecular weight is 247 g/mol. The first-order chi connectivity index (χ1) is 8.54. The van der Waals surface area contributed by atoms with Crippen molar-refractivity contribution in [2.45, 2.75) is 58.6 Å². The Morgan fingerprint density at radius 3 is 2.89 bits per heavy atom. The van der Waals surface area contributed by atoms with E-state index >= 15 is 0 Å². The maximum atomic E-state index is 5.90. The summed E-state index contributed by atoms with van der Waals surface area (Å²) in [7, 11) is 0. The van der Waals surface area contributed by atoms with Crippen LogP contribution < -0.4 is 5.32 Å². The van der Waals surface area contributed by atoms with Crippen molar-refractivity contribution in [3.8, 4) is 0 Å². The van der Waals surface area contributed by atoms with Gasteiger partial charge in [0, 0.05) is 18.3 Å². The minimum absolute atomic E-state index is 0.0493. The van der Waals surface area contributed by atoms with Crippen molar-refractivity contribution in [1.29, 1.82) is 0 Å². The highest BCUT2D eigenvalue weighted by atomic mass is 16.5. The van der Waals surface area contributed by atoms with Crippen LogP contribution in [0.15, 0.2) is 18.2 Å². The first-order valence-electron chi connectivity index (χ1n) is 7.01. The highest BCUT2D eigenvalue weighted by Gasteiger charge is 2.31. The van der Waals surface area contributed by atoms with Crippen LogP contribution in [0.2, 0.25) is 0 Å². The Morgan fingerprint density at radius 1 is 1.39 bits per heavy atom. The molecule has 2 atom stereocenters. The zero-order valence-corrected chi connectivity index (χ0v) is 12.0. The molecule has 1 fully saturated rings. The highest BCUT2D eigenvalue weighted by molar-refractivity contribution is 5.54. The topological polar surface area (TPSA) is 21.3 Å². The molecule has 0 aliphatic carbocycles. The first-order valence-corrected chi connectivity index (χ1v) is 7.01. The van der Waals surface area contributed by atoms with Crippen LogP contribution in [-0.4, -0.2) is 18.2 Å². The van der Waals surface area contributed by atoms with Gasteiger partial charge in [0.25, 0.3) is 0 Å². The van der Waals surface area contributed by atoms with E-state index < -0.39 is 0 Å². The quantitative estimate of drug-likeness (QED) is 0.869. The SMILES string of the molecule is CCC1(C)CC(Nc2cccc(C)c2C)CCO1. The van der Waals surface area contributed by atoms with Crippen LogP contribution in [0.3, 0.4) is 0 Å². The summed E-state index contributed by atoms with van der Waals surface area (Å²) in [5, 5.41) is 3.70. The van der Waals surface area contributed by atoms with Crippen molar-refractivity contribution in [3.63, 3.8) is 0 Å².